The molecule has 0 unspecified atom stereocenters. The maximum absolute atomic E-state index is 13.7. The predicted molar refractivity (Wildman–Crippen MR) is 64.7 cm³/mol. The van der Waals surface area contributed by atoms with Crippen LogP contribution in [0.25, 0.3) is 11.1 Å². The monoisotopic (exact) mass is 287 g/mol. The second-order valence-electron chi connectivity index (χ2n) is 4.21. The van der Waals surface area contributed by atoms with Gasteiger partial charge in [0.05, 0.1) is 5.56 Å². The fourth-order valence-corrected chi connectivity index (χ4v) is 1.83. The van der Waals surface area contributed by atoms with Gasteiger partial charge in [-0.25, -0.2) is 8.78 Å². The van der Waals surface area contributed by atoms with E-state index in [0.717, 1.165) is 12.1 Å². The van der Waals surface area contributed by atoms with Crippen molar-refractivity contribution in [3.8, 4) is 11.1 Å². The van der Waals surface area contributed by atoms with Gasteiger partial charge in [0.15, 0.2) is 0 Å². The molecule has 2 aromatic carbocycles. The highest BCUT2D eigenvalue weighted by molar-refractivity contribution is 5.65. The van der Waals surface area contributed by atoms with Crippen LogP contribution in [0.3, 0.4) is 0 Å². The van der Waals surface area contributed by atoms with Crippen molar-refractivity contribution < 1.29 is 22.0 Å². The summed E-state index contributed by atoms with van der Waals surface area (Å²) < 4.78 is 64.5. The quantitative estimate of drug-likeness (QED) is 0.826. The minimum atomic E-state index is -4.78. The molecule has 0 bridgehead atoms. The van der Waals surface area contributed by atoms with E-state index in [1.807, 2.05) is 0 Å². The number of hydrogen-bond donors (Lipinski definition) is 1. The summed E-state index contributed by atoms with van der Waals surface area (Å²) in [5, 5.41) is 0. The fourth-order valence-electron chi connectivity index (χ4n) is 1.83. The van der Waals surface area contributed by atoms with Crippen LogP contribution < -0.4 is 5.73 Å². The molecule has 6 heteroatoms. The molecule has 2 aromatic rings. The Kier molecular flexibility index (Phi) is 3.76. The summed E-state index contributed by atoms with van der Waals surface area (Å²) in [4.78, 5) is 0. The molecule has 0 fully saturated rings. The average Bonchev–Trinajstić information content (AvgIpc) is 2.37. The zero-order chi connectivity index (χ0) is 14.9. The summed E-state index contributed by atoms with van der Waals surface area (Å²) in [6.07, 6.45) is -4.78. The summed E-state index contributed by atoms with van der Waals surface area (Å²) in [6, 6.07) is 6.29. The SMILES string of the molecule is NCc1ccc(F)c(-c2ccc(C(F)(F)F)c(F)c2)c1. The third-order valence-corrected chi connectivity index (χ3v) is 2.85. The molecule has 0 spiro atoms. The van der Waals surface area contributed by atoms with E-state index >= 15 is 0 Å². The first-order valence-electron chi connectivity index (χ1n) is 5.68. The van der Waals surface area contributed by atoms with Gasteiger partial charge < -0.3 is 5.73 Å². The van der Waals surface area contributed by atoms with E-state index in [2.05, 4.69) is 0 Å². The minimum Gasteiger partial charge on any atom is -0.326 e. The van der Waals surface area contributed by atoms with E-state index in [0.29, 0.717) is 17.7 Å². The lowest BCUT2D eigenvalue weighted by molar-refractivity contribution is -0.139. The van der Waals surface area contributed by atoms with Crippen molar-refractivity contribution in [2.75, 3.05) is 0 Å². The van der Waals surface area contributed by atoms with Gasteiger partial charge in [0.25, 0.3) is 0 Å². The van der Waals surface area contributed by atoms with Gasteiger partial charge in [0.1, 0.15) is 11.6 Å². The van der Waals surface area contributed by atoms with Crippen molar-refractivity contribution in [1.29, 1.82) is 0 Å². The molecule has 0 heterocycles. The molecular weight excluding hydrogens is 277 g/mol. The van der Waals surface area contributed by atoms with E-state index in [1.165, 1.54) is 12.1 Å². The molecule has 1 nitrogen and oxygen atoms in total. The maximum Gasteiger partial charge on any atom is 0.419 e. The van der Waals surface area contributed by atoms with Crippen molar-refractivity contribution in [3.63, 3.8) is 0 Å². The highest BCUT2D eigenvalue weighted by Crippen LogP contribution is 2.34. The lowest BCUT2D eigenvalue weighted by atomic mass is 10.0. The van der Waals surface area contributed by atoms with Crippen molar-refractivity contribution in [3.05, 3.63) is 59.2 Å². The number of rotatable bonds is 2. The van der Waals surface area contributed by atoms with E-state index in [4.69, 9.17) is 5.73 Å². The second kappa shape index (κ2) is 5.20. The summed E-state index contributed by atoms with van der Waals surface area (Å²) in [7, 11) is 0. The molecule has 0 saturated heterocycles. The Morgan fingerprint density at radius 2 is 1.60 bits per heavy atom. The van der Waals surface area contributed by atoms with Crippen molar-refractivity contribution in [2.45, 2.75) is 12.7 Å². The first-order valence-corrected chi connectivity index (χ1v) is 5.68. The van der Waals surface area contributed by atoms with Gasteiger partial charge in [0, 0.05) is 12.1 Å². The summed E-state index contributed by atoms with van der Waals surface area (Å²) in [5.41, 5.74) is 4.68. The Morgan fingerprint density at radius 3 is 2.15 bits per heavy atom. The molecule has 2 rings (SSSR count). The summed E-state index contributed by atoms with van der Waals surface area (Å²) >= 11 is 0. The number of hydrogen-bond acceptors (Lipinski definition) is 1. The molecule has 20 heavy (non-hydrogen) atoms. The largest absolute Gasteiger partial charge is 0.419 e. The molecule has 0 amide bonds. The highest BCUT2D eigenvalue weighted by Gasteiger charge is 2.34. The molecule has 2 N–H and O–H groups in total. The van der Waals surface area contributed by atoms with Gasteiger partial charge in [-0.2, -0.15) is 13.2 Å². The van der Waals surface area contributed by atoms with Crippen LogP contribution in [-0.4, -0.2) is 0 Å². The van der Waals surface area contributed by atoms with Crippen LogP contribution in [0.15, 0.2) is 36.4 Å². The molecule has 0 atom stereocenters. The van der Waals surface area contributed by atoms with Crippen LogP contribution in [0.5, 0.6) is 0 Å². The Morgan fingerprint density at radius 1 is 0.900 bits per heavy atom. The molecule has 0 aliphatic heterocycles. The van der Waals surface area contributed by atoms with Gasteiger partial charge in [-0.05, 0) is 35.4 Å². The summed E-state index contributed by atoms with van der Waals surface area (Å²) in [6.45, 7) is 0.149. The molecule has 106 valence electrons. The van der Waals surface area contributed by atoms with Crippen LogP contribution in [-0.2, 0) is 12.7 Å². The zero-order valence-corrected chi connectivity index (χ0v) is 10.1. The summed E-state index contributed by atoms with van der Waals surface area (Å²) in [5.74, 6) is -2.09. The molecule has 0 aliphatic carbocycles. The van der Waals surface area contributed by atoms with Gasteiger partial charge >= 0.3 is 6.18 Å². The average molecular weight is 287 g/mol. The first kappa shape index (κ1) is 14.5. The molecule has 0 aromatic heterocycles. The lowest BCUT2D eigenvalue weighted by Crippen LogP contribution is -2.08. The molecule has 0 saturated carbocycles. The third-order valence-electron chi connectivity index (χ3n) is 2.85. The first-order chi connectivity index (χ1) is 9.32. The highest BCUT2D eigenvalue weighted by atomic mass is 19.4. The van der Waals surface area contributed by atoms with Crippen molar-refractivity contribution >= 4 is 0 Å². The third kappa shape index (κ3) is 2.80. The standard InChI is InChI=1S/C14H10F5N/c15-12-4-1-8(7-20)5-10(12)9-2-3-11(13(16)6-9)14(17,18)19/h1-6H,7,20H2. The molecule has 0 aliphatic rings. The Balaban J connectivity index is 2.52. The van der Waals surface area contributed by atoms with E-state index < -0.39 is 23.4 Å². The smallest absolute Gasteiger partial charge is 0.326 e. The molecular formula is C14H10F5N. The van der Waals surface area contributed by atoms with Crippen molar-refractivity contribution in [2.24, 2.45) is 5.73 Å². The van der Waals surface area contributed by atoms with E-state index in [1.54, 1.807) is 0 Å². The van der Waals surface area contributed by atoms with Gasteiger partial charge in [-0.15, -0.1) is 0 Å². The van der Waals surface area contributed by atoms with Crippen LogP contribution >= 0.6 is 0 Å². The minimum absolute atomic E-state index is 0.0144. The fraction of sp³-hybridized carbons (Fsp3) is 0.143. The zero-order valence-electron chi connectivity index (χ0n) is 10.1. The van der Waals surface area contributed by atoms with Gasteiger partial charge in [0.2, 0.25) is 0 Å². The van der Waals surface area contributed by atoms with Crippen LogP contribution in [0.4, 0.5) is 22.0 Å². The van der Waals surface area contributed by atoms with Crippen molar-refractivity contribution in [1.82, 2.24) is 0 Å². The normalized spacial score (nSPS) is 11.7. The van der Waals surface area contributed by atoms with Gasteiger partial charge in [-0.1, -0.05) is 12.1 Å². The second-order valence-corrected chi connectivity index (χ2v) is 4.21. The van der Waals surface area contributed by atoms with Crippen LogP contribution in [0.2, 0.25) is 0 Å². The lowest BCUT2D eigenvalue weighted by Gasteiger charge is -2.10. The van der Waals surface area contributed by atoms with E-state index in [9.17, 15) is 22.0 Å². The number of benzene rings is 2. The van der Waals surface area contributed by atoms with E-state index in [-0.39, 0.29) is 17.7 Å². The van der Waals surface area contributed by atoms with Gasteiger partial charge in [-0.3, -0.25) is 0 Å². The van der Waals surface area contributed by atoms with Crippen LogP contribution in [0, 0.1) is 11.6 Å². The number of halogens is 5. The number of alkyl halides is 3. The number of nitrogens with two attached hydrogens (primary N) is 1. The topological polar surface area (TPSA) is 26.0 Å². The van der Waals surface area contributed by atoms with Crippen LogP contribution in [0.1, 0.15) is 11.1 Å². The molecule has 0 radical (unpaired) electrons. The Labute approximate surface area is 111 Å². The Hall–Kier alpha value is -1.95. The Bertz CT molecular complexity index is 634. The maximum atomic E-state index is 13.7. The predicted octanol–water partition coefficient (Wildman–Crippen LogP) is 4.11.